The molecule has 0 radical (unpaired) electrons. The van der Waals surface area contributed by atoms with Gasteiger partial charge in [-0.05, 0) is 25.1 Å². The lowest BCUT2D eigenvalue weighted by Crippen LogP contribution is -2.08. The van der Waals surface area contributed by atoms with E-state index in [1.54, 1.807) is 25.1 Å². The van der Waals surface area contributed by atoms with Crippen molar-refractivity contribution in [3.8, 4) is 11.3 Å². The van der Waals surface area contributed by atoms with Crippen molar-refractivity contribution >= 4 is 34.9 Å². The molecule has 3 aromatic rings. The molecule has 0 fully saturated rings. The number of aromatic nitrogens is 4. The van der Waals surface area contributed by atoms with Gasteiger partial charge in [0.2, 0.25) is 0 Å². The van der Waals surface area contributed by atoms with Crippen molar-refractivity contribution in [1.29, 1.82) is 0 Å². The number of halogens is 2. The zero-order valence-electron chi connectivity index (χ0n) is 10.7. The van der Waals surface area contributed by atoms with Crippen molar-refractivity contribution in [2.75, 3.05) is 0 Å². The molecule has 0 aliphatic rings. The first kappa shape index (κ1) is 13.8. The molecule has 2 heterocycles. The third kappa shape index (κ3) is 2.43. The highest BCUT2D eigenvalue weighted by molar-refractivity contribution is 6.42. The van der Waals surface area contributed by atoms with E-state index in [-0.39, 0.29) is 11.5 Å². The molecule has 106 valence electrons. The number of nitrogens with zero attached hydrogens (tertiary/aromatic N) is 4. The monoisotopic (exact) mass is 322 g/mol. The fourth-order valence-corrected chi connectivity index (χ4v) is 2.22. The molecule has 1 aromatic carbocycles. The van der Waals surface area contributed by atoms with Crippen LogP contribution >= 0.6 is 23.2 Å². The Morgan fingerprint density at radius 1 is 1.19 bits per heavy atom. The van der Waals surface area contributed by atoms with Crippen LogP contribution < -0.4 is 0 Å². The van der Waals surface area contributed by atoms with Crippen LogP contribution in [0.25, 0.3) is 17.0 Å². The van der Waals surface area contributed by atoms with Gasteiger partial charge in [-0.1, -0.05) is 29.3 Å². The minimum absolute atomic E-state index is 0.0262. The fourth-order valence-electron chi connectivity index (χ4n) is 1.92. The van der Waals surface area contributed by atoms with Crippen LogP contribution in [-0.4, -0.2) is 30.7 Å². The maximum atomic E-state index is 11.4. The molecule has 8 heteroatoms. The number of carboxylic acid groups (broad SMARTS) is 1. The fraction of sp³-hybridized carbons (Fsp3) is 0.0769. The van der Waals surface area contributed by atoms with Gasteiger partial charge in [-0.25, -0.2) is 9.78 Å². The second-order valence-electron chi connectivity index (χ2n) is 4.33. The minimum atomic E-state index is -1.12. The Labute approximate surface area is 129 Å². The molecule has 0 saturated carbocycles. The van der Waals surface area contributed by atoms with E-state index >= 15 is 0 Å². The van der Waals surface area contributed by atoms with Crippen molar-refractivity contribution < 1.29 is 9.90 Å². The summed E-state index contributed by atoms with van der Waals surface area (Å²) in [6, 6.07) is 6.38. The van der Waals surface area contributed by atoms with E-state index in [2.05, 4.69) is 15.1 Å². The van der Waals surface area contributed by atoms with Crippen molar-refractivity contribution in [1.82, 2.24) is 19.6 Å². The smallest absolute Gasteiger partial charge is 0.354 e. The van der Waals surface area contributed by atoms with Gasteiger partial charge in [0, 0.05) is 5.56 Å². The minimum Gasteiger partial charge on any atom is -0.477 e. The second-order valence-corrected chi connectivity index (χ2v) is 5.15. The number of carbonyl (C=O) groups is 1. The number of hydrogen-bond acceptors (Lipinski definition) is 4. The highest BCUT2D eigenvalue weighted by atomic mass is 35.5. The van der Waals surface area contributed by atoms with Gasteiger partial charge in [-0.3, -0.25) is 0 Å². The normalized spacial score (nSPS) is 11.0. The van der Waals surface area contributed by atoms with Crippen LogP contribution in [0.5, 0.6) is 0 Å². The molecule has 1 N–H and O–H groups in total. The molecule has 0 amide bonds. The standard InChI is InChI=1S/C13H8Cl2N4O2/c1-6-16-13-17-10(5-11(12(20)21)19(13)18-6)7-2-3-8(14)9(15)4-7/h2-5H,1H3,(H,20,21). The Morgan fingerprint density at radius 2 is 1.95 bits per heavy atom. The number of aryl methyl sites for hydroxylation is 1. The van der Waals surface area contributed by atoms with Gasteiger partial charge in [0.25, 0.3) is 5.78 Å². The Morgan fingerprint density at radius 3 is 2.62 bits per heavy atom. The first-order valence-electron chi connectivity index (χ1n) is 5.89. The Balaban J connectivity index is 2.27. The van der Waals surface area contributed by atoms with E-state index in [1.165, 1.54) is 10.6 Å². The Kier molecular flexibility index (Phi) is 3.27. The van der Waals surface area contributed by atoms with Crippen LogP contribution in [-0.2, 0) is 0 Å². The molecule has 3 rings (SSSR count). The van der Waals surface area contributed by atoms with E-state index in [0.717, 1.165) is 0 Å². The molecule has 0 aliphatic carbocycles. The highest BCUT2D eigenvalue weighted by Gasteiger charge is 2.16. The van der Waals surface area contributed by atoms with E-state index in [0.29, 0.717) is 27.1 Å². The lowest BCUT2D eigenvalue weighted by molar-refractivity contribution is 0.0687. The van der Waals surface area contributed by atoms with Crippen molar-refractivity contribution in [3.05, 3.63) is 45.8 Å². The summed E-state index contributed by atoms with van der Waals surface area (Å²) in [5, 5.41) is 14.1. The summed E-state index contributed by atoms with van der Waals surface area (Å²) in [6.07, 6.45) is 0. The number of hydrogen-bond donors (Lipinski definition) is 1. The van der Waals surface area contributed by atoms with Crippen molar-refractivity contribution in [2.45, 2.75) is 6.92 Å². The summed E-state index contributed by atoms with van der Waals surface area (Å²) < 4.78 is 1.19. The van der Waals surface area contributed by atoms with E-state index < -0.39 is 5.97 Å². The number of fused-ring (bicyclic) bond motifs is 1. The largest absolute Gasteiger partial charge is 0.477 e. The van der Waals surface area contributed by atoms with E-state index in [4.69, 9.17) is 23.2 Å². The van der Waals surface area contributed by atoms with Crippen LogP contribution in [0.15, 0.2) is 24.3 Å². The third-order valence-corrected chi connectivity index (χ3v) is 3.59. The summed E-state index contributed by atoms with van der Waals surface area (Å²) in [5.74, 6) is -0.460. The molecule has 0 spiro atoms. The average Bonchev–Trinajstić information content (AvgIpc) is 2.80. The van der Waals surface area contributed by atoms with Gasteiger partial charge in [-0.2, -0.15) is 9.50 Å². The maximum Gasteiger partial charge on any atom is 0.354 e. The number of rotatable bonds is 2. The van der Waals surface area contributed by atoms with Gasteiger partial charge in [0.1, 0.15) is 5.82 Å². The Hall–Kier alpha value is -2.18. The first-order chi connectivity index (χ1) is 9.95. The molecule has 21 heavy (non-hydrogen) atoms. The summed E-state index contributed by atoms with van der Waals surface area (Å²) in [5.41, 5.74) is 1.06. The quantitative estimate of drug-likeness (QED) is 0.784. The van der Waals surface area contributed by atoms with Gasteiger partial charge in [0.05, 0.1) is 15.7 Å². The average molecular weight is 323 g/mol. The summed E-state index contributed by atoms with van der Waals surface area (Å²) in [4.78, 5) is 19.8. The third-order valence-electron chi connectivity index (χ3n) is 2.85. The SMILES string of the molecule is Cc1nc2nc(-c3ccc(Cl)c(Cl)c3)cc(C(=O)O)n2n1. The summed E-state index contributed by atoms with van der Waals surface area (Å²) >= 11 is 11.9. The molecular formula is C13H8Cl2N4O2. The molecule has 0 saturated heterocycles. The van der Waals surface area contributed by atoms with Gasteiger partial charge in [0.15, 0.2) is 5.69 Å². The number of benzene rings is 1. The summed E-state index contributed by atoms with van der Waals surface area (Å²) in [6.45, 7) is 1.67. The van der Waals surface area contributed by atoms with E-state index in [9.17, 15) is 9.90 Å². The first-order valence-corrected chi connectivity index (χ1v) is 6.64. The molecule has 0 unspecified atom stereocenters. The van der Waals surface area contributed by atoms with Crippen LogP contribution in [0.3, 0.4) is 0 Å². The lowest BCUT2D eigenvalue weighted by Gasteiger charge is -2.05. The van der Waals surface area contributed by atoms with Crippen molar-refractivity contribution in [2.24, 2.45) is 0 Å². The van der Waals surface area contributed by atoms with Gasteiger partial charge < -0.3 is 5.11 Å². The van der Waals surface area contributed by atoms with Crippen LogP contribution in [0, 0.1) is 6.92 Å². The predicted octanol–water partition coefficient (Wildman–Crippen LogP) is 3.10. The van der Waals surface area contributed by atoms with Crippen LogP contribution in [0.2, 0.25) is 10.0 Å². The predicted molar refractivity (Wildman–Crippen MR) is 77.9 cm³/mol. The summed E-state index contributed by atoms with van der Waals surface area (Å²) in [7, 11) is 0. The van der Waals surface area contributed by atoms with Gasteiger partial charge >= 0.3 is 5.97 Å². The second kappa shape index (κ2) is 4.98. The molecule has 0 bridgehead atoms. The molecule has 2 aromatic heterocycles. The lowest BCUT2D eigenvalue weighted by atomic mass is 10.1. The zero-order chi connectivity index (χ0) is 15.1. The Bertz CT molecular complexity index is 876. The van der Waals surface area contributed by atoms with Crippen LogP contribution in [0.4, 0.5) is 0 Å². The van der Waals surface area contributed by atoms with Crippen molar-refractivity contribution in [3.63, 3.8) is 0 Å². The van der Waals surface area contributed by atoms with Crippen LogP contribution in [0.1, 0.15) is 16.3 Å². The molecule has 6 nitrogen and oxygen atoms in total. The van der Waals surface area contributed by atoms with Gasteiger partial charge in [-0.15, -0.1) is 5.10 Å². The molecule has 0 atom stereocenters. The molecular weight excluding hydrogens is 315 g/mol. The zero-order valence-corrected chi connectivity index (χ0v) is 12.2. The number of aromatic carboxylic acids is 1. The van der Waals surface area contributed by atoms with E-state index in [1.807, 2.05) is 0 Å². The molecule has 0 aliphatic heterocycles. The highest BCUT2D eigenvalue weighted by Crippen LogP contribution is 2.28. The number of carboxylic acids is 1. The maximum absolute atomic E-state index is 11.4. The topological polar surface area (TPSA) is 80.4 Å².